The quantitative estimate of drug-likeness (QED) is 0.679. The van der Waals surface area contributed by atoms with Gasteiger partial charge in [0.1, 0.15) is 0 Å². The molecule has 0 amide bonds. The van der Waals surface area contributed by atoms with Crippen molar-refractivity contribution in [3.63, 3.8) is 0 Å². The second-order valence-corrected chi connectivity index (χ2v) is 6.46. The highest BCUT2D eigenvalue weighted by Gasteiger charge is 2.28. The number of carbonyl (C=O) groups excluding carboxylic acids is 1. The molecule has 0 bridgehead atoms. The summed E-state index contributed by atoms with van der Waals surface area (Å²) in [4.78, 5) is 12.5. The van der Waals surface area contributed by atoms with E-state index in [9.17, 15) is 4.79 Å². The fourth-order valence-corrected chi connectivity index (χ4v) is 2.96. The third-order valence-corrected chi connectivity index (χ3v) is 3.96. The van der Waals surface area contributed by atoms with E-state index in [1.165, 1.54) is 0 Å². The van der Waals surface area contributed by atoms with Crippen LogP contribution >= 0.6 is 0 Å². The molecule has 3 nitrogen and oxygen atoms in total. The Morgan fingerprint density at radius 2 is 1.96 bits per heavy atom. The van der Waals surface area contributed by atoms with Gasteiger partial charge in [-0.3, -0.25) is 4.79 Å². The molecular formula is C20H18N2O. The van der Waals surface area contributed by atoms with Gasteiger partial charge in [0.25, 0.3) is 0 Å². The molecule has 1 aliphatic rings. The van der Waals surface area contributed by atoms with Gasteiger partial charge < -0.3 is 5.32 Å². The number of rotatable bonds is 2. The van der Waals surface area contributed by atoms with Crippen molar-refractivity contribution in [3.8, 4) is 6.07 Å². The van der Waals surface area contributed by atoms with E-state index in [1.807, 2.05) is 42.5 Å². The molecule has 0 unspecified atom stereocenters. The van der Waals surface area contributed by atoms with Gasteiger partial charge in [0.15, 0.2) is 5.78 Å². The Kier molecular flexibility index (Phi) is 3.75. The maximum atomic E-state index is 12.5. The Hall–Kier alpha value is -2.86. The summed E-state index contributed by atoms with van der Waals surface area (Å²) in [5.74, 6) is -0.0268. The molecule has 1 aliphatic heterocycles. The topological polar surface area (TPSA) is 52.9 Å². The summed E-state index contributed by atoms with van der Waals surface area (Å²) >= 11 is 0. The molecule has 0 fully saturated rings. The van der Waals surface area contributed by atoms with Crippen molar-refractivity contribution < 1.29 is 4.79 Å². The molecule has 0 aliphatic carbocycles. The lowest BCUT2D eigenvalue weighted by atomic mass is 9.84. The fourth-order valence-electron chi connectivity index (χ4n) is 2.96. The molecule has 3 heteroatoms. The van der Waals surface area contributed by atoms with E-state index in [0.29, 0.717) is 11.1 Å². The number of nitriles is 1. The molecule has 3 rings (SSSR count). The molecule has 1 N–H and O–H groups in total. The van der Waals surface area contributed by atoms with Crippen molar-refractivity contribution >= 4 is 11.5 Å². The highest BCUT2D eigenvalue weighted by atomic mass is 16.1. The second kappa shape index (κ2) is 5.73. The SMILES string of the molecule is CC1(C)Cc2cc(C#N)ccc2C(=CC(=O)c2ccccc2)N1. The van der Waals surface area contributed by atoms with Crippen LogP contribution in [0.1, 0.15) is 40.9 Å². The molecule has 0 saturated carbocycles. The summed E-state index contributed by atoms with van der Waals surface area (Å²) < 4.78 is 0. The Labute approximate surface area is 136 Å². The smallest absolute Gasteiger partial charge is 0.187 e. The molecule has 2 aromatic rings. The number of nitrogens with zero attached hydrogens (tertiary/aromatic N) is 1. The summed E-state index contributed by atoms with van der Waals surface area (Å²) in [7, 11) is 0. The lowest BCUT2D eigenvalue weighted by molar-refractivity contribution is 0.104. The average molecular weight is 302 g/mol. The first kappa shape index (κ1) is 15.1. The molecule has 0 saturated heterocycles. The molecule has 23 heavy (non-hydrogen) atoms. The fraction of sp³-hybridized carbons (Fsp3) is 0.200. The van der Waals surface area contributed by atoms with E-state index in [-0.39, 0.29) is 11.3 Å². The third kappa shape index (κ3) is 3.17. The zero-order valence-electron chi connectivity index (χ0n) is 13.3. The van der Waals surface area contributed by atoms with Crippen molar-refractivity contribution in [2.45, 2.75) is 25.8 Å². The van der Waals surface area contributed by atoms with Crippen LogP contribution in [-0.4, -0.2) is 11.3 Å². The molecule has 0 radical (unpaired) electrons. The van der Waals surface area contributed by atoms with Gasteiger partial charge in [0, 0.05) is 28.4 Å². The molecule has 1 heterocycles. The Bertz CT molecular complexity index is 826. The van der Waals surface area contributed by atoms with Crippen LogP contribution < -0.4 is 5.32 Å². The van der Waals surface area contributed by atoms with Crippen LogP contribution in [-0.2, 0) is 6.42 Å². The van der Waals surface area contributed by atoms with Crippen molar-refractivity contribution in [1.29, 1.82) is 5.26 Å². The standard InChI is InChI=1S/C20H18N2O/c1-20(2)12-16-10-14(13-21)8-9-17(16)18(22-20)11-19(23)15-6-4-3-5-7-15/h3-11,22H,12H2,1-2H3. The Morgan fingerprint density at radius 1 is 1.22 bits per heavy atom. The Balaban J connectivity index is 2.05. The highest BCUT2D eigenvalue weighted by Crippen LogP contribution is 2.30. The van der Waals surface area contributed by atoms with Crippen LogP contribution in [0.4, 0.5) is 0 Å². The van der Waals surface area contributed by atoms with Crippen molar-refractivity contribution in [3.05, 3.63) is 76.9 Å². The van der Waals surface area contributed by atoms with E-state index in [2.05, 4.69) is 25.2 Å². The normalized spacial score (nSPS) is 17.0. The molecule has 0 spiro atoms. The van der Waals surface area contributed by atoms with Crippen LogP contribution in [0.25, 0.3) is 5.70 Å². The van der Waals surface area contributed by atoms with Crippen molar-refractivity contribution in [2.24, 2.45) is 0 Å². The lowest BCUT2D eigenvalue weighted by Crippen LogP contribution is -2.43. The number of hydrogen-bond acceptors (Lipinski definition) is 3. The van der Waals surface area contributed by atoms with Crippen molar-refractivity contribution in [2.75, 3.05) is 0 Å². The molecule has 2 aromatic carbocycles. The summed E-state index contributed by atoms with van der Waals surface area (Å²) in [5.41, 5.74) is 4.06. The van der Waals surface area contributed by atoms with Gasteiger partial charge in [-0.1, -0.05) is 36.4 Å². The predicted molar refractivity (Wildman–Crippen MR) is 90.8 cm³/mol. The van der Waals surface area contributed by atoms with Crippen LogP contribution in [0, 0.1) is 11.3 Å². The van der Waals surface area contributed by atoms with E-state index in [4.69, 9.17) is 5.26 Å². The van der Waals surface area contributed by atoms with Crippen LogP contribution in [0.2, 0.25) is 0 Å². The summed E-state index contributed by atoms with van der Waals surface area (Å²) in [6.07, 6.45) is 2.47. The van der Waals surface area contributed by atoms with Gasteiger partial charge in [-0.2, -0.15) is 5.26 Å². The summed E-state index contributed by atoms with van der Waals surface area (Å²) in [6.45, 7) is 4.19. The van der Waals surface area contributed by atoms with Gasteiger partial charge in [0.05, 0.1) is 11.6 Å². The first-order chi connectivity index (χ1) is 11.0. The minimum absolute atomic E-state index is 0.0268. The number of nitrogens with one attached hydrogen (secondary N) is 1. The first-order valence-corrected chi connectivity index (χ1v) is 7.61. The number of allylic oxidation sites excluding steroid dienone is 1. The summed E-state index contributed by atoms with van der Waals surface area (Å²) in [6, 6.07) is 17.0. The largest absolute Gasteiger partial charge is 0.379 e. The minimum atomic E-state index is -0.163. The average Bonchev–Trinajstić information content (AvgIpc) is 2.54. The predicted octanol–water partition coefficient (Wildman–Crippen LogP) is 3.71. The number of carbonyl (C=O) groups is 1. The van der Waals surface area contributed by atoms with E-state index in [0.717, 1.165) is 23.2 Å². The zero-order chi connectivity index (χ0) is 16.4. The maximum absolute atomic E-state index is 12.5. The highest BCUT2D eigenvalue weighted by molar-refractivity contribution is 6.08. The summed E-state index contributed by atoms with van der Waals surface area (Å²) in [5, 5.41) is 12.5. The van der Waals surface area contributed by atoms with E-state index in [1.54, 1.807) is 12.1 Å². The van der Waals surface area contributed by atoms with Gasteiger partial charge in [-0.25, -0.2) is 0 Å². The van der Waals surface area contributed by atoms with Gasteiger partial charge in [-0.15, -0.1) is 0 Å². The van der Waals surface area contributed by atoms with Crippen LogP contribution in [0.5, 0.6) is 0 Å². The van der Waals surface area contributed by atoms with Gasteiger partial charge in [-0.05, 0) is 38.0 Å². The molecule has 0 atom stereocenters. The number of hydrogen-bond donors (Lipinski definition) is 1. The van der Waals surface area contributed by atoms with E-state index >= 15 is 0 Å². The minimum Gasteiger partial charge on any atom is -0.379 e. The maximum Gasteiger partial charge on any atom is 0.187 e. The van der Waals surface area contributed by atoms with Crippen LogP contribution in [0.15, 0.2) is 54.6 Å². The zero-order valence-corrected chi connectivity index (χ0v) is 13.3. The molecule has 114 valence electrons. The monoisotopic (exact) mass is 302 g/mol. The number of benzene rings is 2. The van der Waals surface area contributed by atoms with Gasteiger partial charge in [0.2, 0.25) is 0 Å². The number of ketones is 1. The lowest BCUT2D eigenvalue weighted by Gasteiger charge is -2.35. The van der Waals surface area contributed by atoms with Gasteiger partial charge >= 0.3 is 0 Å². The molecule has 0 aromatic heterocycles. The molecular weight excluding hydrogens is 284 g/mol. The number of fused-ring (bicyclic) bond motifs is 1. The third-order valence-electron chi connectivity index (χ3n) is 3.96. The van der Waals surface area contributed by atoms with Crippen LogP contribution in [0.3, 0.4) is 0 Å². The second-order valence-electron chi connectivity index (χ2n) is 6.46. The van der Waals surface area contributed by atoms with E-state index < -0.39 is 0 Å². The Morgan fingerprint density at radius 3 is 2.65 bits per heavy atom. The first-order valence-electron chi connectivity index (χ1n) is 7.61. The van der Waals surface area contributed by atoms with Crippen molar-refractivity contribution in [1.82, 2.24) is 5.32 Å².